The third-order valence-electron chi connectivity index (χ3n) is 6.64. The maximum absolute atomic E-state index is 12.9. The van der Waals surface area contributed by atoms with E-state index in [1.54, 1.807) is 12.1 Å². The van der Waals surface area contributed by atoms with E-state index in [0.717, 1.165) is 42.1 Å². The van der Waals surface area contributed by atoms with Crippen molar-refractivity contribution in [2.45, 2.75) is 50.2 Å². The Labute approximate surface area is 216 Å². The number of amides is 2. The fraction of sp³-hybridized carbons (Fsp3) is 0.241. The molecule has 0 bridgehead atoms. The van der Waals surface area contributed by atoms with Gasteiger partial charge in [-0.05, 0) is 54.5 Å². The third-order valence-corrected chi connectivity index (χ3v) is 7.97. The lowest BCUT2D eigenvalue weighted by atomic mass is 10.1. The van der Waals surface area contributed by atoms with Gasteiger partial charge in [0, 0.05) is 5.39 Å². The van der Waals surface area contributed by atoms with Crippen LogP contribution < -0.4 is 4.72 Å². The lowest BCUT2D eigenvalue weighted by Gasteiger charge is -2.27. The number of carbonyl (C=O) groups is 1. The van der Waals surface area contributed by atoms with Crippen molar-refractivity contribution >= 4 is 27.0 Å². The van der Waals surface area contributed by atoms with Crippen molar-refractivity contribution in [3.8, 4) is 0 Å². The molecule has 1 N–H and O–H groups in total. The first-order valence-corrected chi connectivity index (χ1v) is 13.9. The van der Waals surface area contributed by atoms with Crippen LogP contribution in [0.3, 0.4) is 0 Å². The highest BCUT2D eigenvalue weighted by molar-refractivity contribution is 7.90. The van der Waals surface area contributed by atoms with Gasteiger partial charge in [0.05, 0.1) is 22.1 Å². The van der Waals surface area contributed by atoms with Crippen molar-refractivity contribution < 1.29 is 18.0 Å². The molecule has 2 aromatic carbocycles. The number of benzene rings is 3. The number of nitrogens with zero attached hydrogens (tertiary/aromatic N) is 2. The standard InChI is InChI=1S/C23H25N3O4S.C6H4/c1-17-10-14-21(15-11-17)31(28,29)25-23(27)26(20-7-3-4-8-20)30-16-19-13-12-18-6-2-5-9-22(18)24-19;1-2-6-4-3-5(1)6/h2,5-6,9-15,20H,3-4,7-8,16H2,1H3,(H,25,27);1-4H. The number of rotatable bonds is 6. The third kappa shape index (κ3) is 5.81. The molecule has 1 saturated carbocycles. The second kappa shape index (κ2) is 10.7. The minimum atomic E-state index is -4.00. The summed E-state index contributed by atoms with van der Waals surface area (Å²) in [4.78, 5) is 23.3. The highest BCUT2D eigenvalue weighted by atomic mass is 32.2. The van der Waals surface area contributed by atoms with Gasteiger partial charge >= 0.3 is 6.03 Å². The van der Waals surface area contributed by atoms with Gasteiger partial charge in [0.1, 0.15) is 6.61 Å². The van der Waals surface area contributed by atoms with Crippen LogP contribution in [-0.4, -0.2) is 30.5 Å². The number of aryl methyl sites for hydroxylation is 1. The van der Waals surface area contributed by atoms with Gasteiger partial charge < -0.3 is 0 Å². The molecule has 8 heteroatoms. The molecule has 0 aliphatic heterocycles. The minimum absolute atomic E-state index is 0.0361. The number of hydroxylamine groups is 2. The number of aromatic nitrogens is 1. The van der Waals surface area contributed by atoms with Crippen LogP contribution in [-0.2, 0) is 21.5 Å². The molecule has 0 radical (unpaired) electrons. The Bertz CT molecular complexity index is 1570. The number of hydrogen-bond donors (Lipinski definition) is 1. The van der Waals surface area contributed by atoms with Crippen LogP contribution in [0.5, 0.6) is 0 Å². The van der Waals surface area contributed by atoms with E-state index in [-0.39, 0.29) is 17.5 Å². The summed E-state index contributed by atoms with van der Waals surface area (Å²) in [5.74, 6) is 0. The average molecular weight is 516 g/mol. The SMILES string of the molecule is Cc1ccc(S(=O)(=O)NC(=O)N(OCc2ccc3ccccc3n2)C2CCCC2)cc1.c1cc2ccc1=2. The zero-order valence-corrected chi connectivity index (χ0v) is 21.4. The van der Waals surface area contributed by atoms with E-state index < -0.39 is 16.1 Å². The Kier molecular flexibility index (Phi) is 7.21. The van der Waals surface area contributed by atoms with Gasteiger partial charge in [-0.15, -0.1) is 0 Å². The van der Waals surface area contributed by atoms with Gasteiger partial charge in [-0.1, -0.05) is 79.1 Å². The number of pyridine rings is 1. The molecule has 0 spiro atoms. The van der Waals surface area contributed by atoms with Crippen molar-refractivity contribution in [2.75, 3.05) is 0 Å². The van der Waals surface area contributed by atoms with Crippen molar-refractivity contribution in [3.63, 3.8) is 0 Å². The van der Waals surface area contributed by atoms with E-state index in [0.29, 0.717) is 5.69 Å². The number of sulfonamides is 1. The number of carbonyl (C=O) groups excluding carboxylic acids is 1. The zero-order valence-electron chi connectivity index (χ0n) is 20.6. The van der Waals surface area contributed by atoms with Crippen LogP contribution in [0.1, 0.15) is 36.9 Å². The second-order valence-corrected chi connectivity index (χ2v) is 11.0. The molecule has 0 unspecified atom stereocenters. The fourth-order valence-corrected chi connectivity index (χ4v) is 5.32. The Morgan fingerprint density at radius 2 is 1.57 bits per heavy atom. The molecule has 1 fully saturated rings. The van der Waals surface area contributed by atoms with Crippen LogP contribution >= 0.6 is 0 Å². The Morgan fingerprint density at radius 1 is 0.919 bits per heavy atom. The van der Waals surface area contributed by atoms with Crippen molar-refractivity contribution in [3.05, 3.63) is 107 Å². The van der Waals surface area contributed by atoms with E-state index in [1.807, 2.05) is 43.3 Å². The molecule has 0 atom stereocenters. The molecule has 3 aliphatic carbocycles. The maximum Gasteiger partial charge on any atom is 0.355 e. The first-order chi connectivity index (χ1) is 17.9. The minimum Gasteiger partial charge on any atom is -0.263 e. The lowest BCUT2D eigenvalue weighted by molar-refractivity contribution is -0.152. The summed E-state index contributed by atoms with van der Waals surface area (Å²) >= 11 is 0. The second-order valence-electron chi connectivity index (χ2n) is 9.33. The van der Waals surface area contributed by atoms with Crippen LogP contribution in [0.2, 0.25) is 0 Å². The predicted molar refractivity (Wildman–Crippen MR) is 142 cm³/mol. The highest BCUT2D eigenvalue weighted by Crippen LogP contribution is 2.25. The van der Waals surface area contributed by atoms with E-state index in [2.05, 4.69) is 34.0 Å². The van der Waals surface area contributed by atoms with Crippen LogP contribution in [0, 0.1) is 17.4 Å². The summed E-state index contributed by atoms with van der Waals surface area (Å²) in [5, 5.41) is 5.04. The smallest absolute Gasteiger partial charge is 0.263 e. The highest BCUT2D eigenvalue weighted by Gasteiger charge is 2.31. The number of para-hydroxylation sites is 1. The molecule has 7 nitrogen and oxygen atoms in total. The molecule has 3 aromatic rings. The van der Waals surface area contributed by atoms with E-state index in [9.17, 15) is 13.2 Å². The number of urea groups is 1. The summed E-state index contributed by atoms with van der Waals surface area (Å²) in [6.45, 7) is 1.94. The van der Waals surface area contributed by atoms with Gasteiger partial charge in [-0.3, -0.25) is 9.82 Å². The Hall–Kier alpha value is -3.75. The van der Waals surface area contributed by atoms with E-state index >= 15 is 0 Å². The molecule has 190 valence electrons. The van der Waals surface area contributed by atoms with Gasteiger partial charge in [0.25, 0.3) is 10.0 Å². The zero-order chi connectivity index (χ0) is 25.8. The van der Waals surface area contributed by atoms with Crippen LogP contribution in [0.15, 0.2) is 89.8 Å². The van der Waals surface area contributed by atoms with Crippen molar-refractivity contribution in [1.29, 1.82) is 0 Å². The average Bonchev–Trinajstić information content (AvgIpc) is 3.41. The van der Waals surface area contributed by atoms with Gasteiger partial charge in [0.2, 0.25) is 0 Å². The maximum atomic E-state index is 12.9. The molecule has 1 heterocycles. The predicted octanol–water partition coefficient (Wildman–Crippen LogP) is 5.60. The molecule has 37 heavy (non-hydrogen) atoms. The van der Waals surface area contributed by atoms with Gasteiger partial charge in [-0.25, -0.2) is 17.9 Å². The Balaban J connectivity index is 0.000000403. The molecule has 3 aliphatic rings. The summed E-state index contributed by atoms with van der Waals surface area (Å²) < 4.78 is 27.5. The monoisotopic (exact) mass is 515 g/mol. The number of fused-ring (bicyclic) bond motifs is 1. The summed E-state index contributed by atoms with van der Waals surface area (Å²) in [7, 11) is -4.00. The first-order valence-electron chi connectivity index (χ1n) is 12.4. The van der Waals surface area contributed by atoms with Crippen LogP contribution in [0.4, 0.5) is 4.79 Å². The van der Waals surface area contributed by atoms with E-state index in [4.69, 9.17) is 4.84 Å². The molecule has 2 amide bonds. The Morgan fingerprint density at radius 3 is 2.19 bits per heavy atom. The van der Waals surface area contributed by atoms with Gasteiger partial charge in [0.15, 0.2) is 0 Å². The summed E-state index contributed by atoms with van der Waals surface area (Å²) in [5.41, 5.74) is 2.43. The van der Waals surface area contributed by atoms with Crippen LogP contribution in [0.25, 0.3) is 10.9 Å². The topological polar surface area (TPSA) is 88.6 Å². The number of hydrogen-bond acceptors (Lipinski definition) is 5. The quantitative estimate of drug-likeness (QED) is 0.297. The largest absolute Gasteiger partial charge is 0.355 e. The molecule has 0 saturated heterocycles. The first kappa shape index (κ1) is 24.9. The molecule has 6 rings (SSSR count). The summed E-state index contributed by atoms with van der Waals surface area (Å²) in [6, 6.07) is 25.4. The van der Waals surface area contributed by atoms with Gasteiger partial charge in [-0.2, -0.15) is 5.06 Å². The van der Waals surface area contributed by atoms with Crippen molar-refractivity contribution in [2.24, 2.45) is 0 Å². The fourth-order valence-electron chi connectivity index (χ4n) is 4.39. The lowest BCUT2D eigenvalue weighted by Crippen LogP contribution is -2.47. The molecular weight excluding hydrogens is 486 g/mol. The molecule has 1 aromatic heterocycles. The number of nitrogens with one attached hydrogen (secondary N) is 1. The molecular formula is C29H29N3O4S. The summed E-state index contributed by atoms with van der Waals surface area (Å²) in [6.07, 6.45) is 3.47. The van der Waals surface area contributed by atoms with E-state index in [1.165, 1.54) is 27.6 Å². The van der Waals surface area contributed by atoms with Crippen molar-refractivity contribution in [1.82, 2.24) is 14.8 Å². The normalized spacial score (nSPS) is 14.1.